The monoisotopic (exact) mass is 237 g/mol. The van der Waals surface area contributed by atoms with Crippen LogP contribution in [0.1, 0.15) is 65.2 Å². The van der Waals surface area contributed by atoms with Crippen LogP contribution in [0.2, 0.25) is 0 Å². The summed E-state index contributed by atoms with van der Waals surface area (Å²) >= 11 is 0. The first-order valence-corrected chi connectivity index (χ1v) is 7.50. The minimum absolute atomic E-state index is 0.257. The van der Waals surface area contributed by atoms with Gasteiger partial charge in [-0.1, -0.05) is 33.1 Å². The first kappa shape index (κ1) is 12.0. The lowest BCUT2D eigenvalue weighted by Crippen LogP contribution is -2.49. The molecule has 0 aromatic heterocycles. The smallest absolute Gasteiger partial charge is 0.0697 e. The molecule has 0 aromatic rings. The van der Waals surface area contributed by atoms with Gasteiger partial charge < -0.3 is 10.1 Å². The normalized spacial score (nSPS) is 39.2. The molecule has 17 heavy (non-hydrogen) atoms. The van der Waals surface area contributed by atoms with Crippen molar-refractivity contribution < 1.29 is 4.74 Å². The van der Waals surface area contributed by atoms with Crippen molar-refractivity contribution >= 4 is 0 Å². The van der Waals surface area contributed by atoms with E-state index in [2.05, 4.69) is 19.2 Å². The molecule has 2 nitrogen and oxygen atoms in total. The molecule has 2 aliphatic carbocycles. The van der Waals surface area contributed by atoms with Crippen molar-refractivity contribution in [2.24, 2.45) is 5.41 Å². The van der Waals surface area contributed by atoms with Crippen molar-refractivity contribution in [3.63, 3.8) is 0 Å². The Morgan fingerprint density at radius 3 is 2.41 bits per heavy atom. The average Bonchev–Trinajstić information content (AvgIpc) is 2.87. The highest BCUT2D eigenvalue weighted by Crippen LogP contribution is 2.46. The molecule has 1 saturated heterocycles. The quantitative estimate of drug-likeness (QED) is 0.796. The Morgan fingerprint density at radius 1 is 1.06 bits per heavy atom. The van der Waals surface area contributed by atoms with E-state index in [4.69, 9.17) is 4.74 Å². The lowest BCUT2D eigenvalue weighted by molar-refractivity contribution is -0.109. The summed E-state index contributed by atoms with van der Waals surface area (Å²) in [5, 5.41) is 3.87. The number of ether oxygens (including phenoxy) is 1. The van der Waals surface area contributed by atoms with Crippen LogP contribution in [-0.2, 0) is 4.74 Å². The van der Waals surface area contributed by atoms with Crippen LogP contribution >= 0.6 is 0 Å². The number of nitrogens with one attached hydrogen (secondary N) is 1. The van der Waals surface area contributed by atoms with E-state index in [1.165, 1.54) is 51.4 Å². The fraction of sp³-hybridized carbons (Fsp3) is 1.00. The van der Waals surface area contributed by atoms with Crippen LogP contribution in [0.5, 0.6) is 0 Å². The van der Waals surface area contributed by atoms with Crippen molar-refractivity contribution in [1.82, 2.24) is 5.32 Å². The molecule has 1 heterocycles. The van der Waals surface area contributed by atoms with Crippen molar-refractivity contribution in [3.8, 4) is 0 Å². The third-order valence-electron chi connectivity index (χ3n) is 5.21. The Morgan fingerprint density at radius 2 is 1.76 bits per heavy atom. The van der Waals surface area contributed by atoms with Gasteiger partial charge >= 0.3 is 0 Å². The molecule has 3 aliphatic rings. The molecule has 2 heteroatoms. The summed E-state index contributed by atoms with van der Waals surface area (Å²) in [4.78, 5) is 0. The zero-order valence-electron chi connectivity index (χ0n) is 11.4. The van der Waals surface area contributed by atoms with Gasteiger partial charge in [0.2, 0.25) is 0 Å². The molecular formula is C15H27NO. The molecule has 0 radical (unpaired) electrons. The standard InChI is InChI=1S/C15H27NO/c1-14(2)11-13(14)16-12-6-9-17-15(10-12)7-4-3-5-8-15/h12-13,16H,3-11H2,1-2H3. The van der Waals surface area contributed by atoms with Gasteiger partial charge in [-0.15, -0.1) is 0 Å². The van der Waals surface area contributed by atoms with E-state index < -0.39 is 0 Å². The van der Waals surface area contributed by atoms with Crippen LogP contribution in [0.4, 0.5) is 0 Å². The van der Waals surface area contributed by atoms with Gasteiger partial charge in [-0.25, -0.2) is 0 Å². The molecule has 1 aliphatic heterocycles. The summed E-state index contributed by atoms with van der Waals surface area (Å²) in [5.41, 5.74) is 0.811. The number of rotatable bonds is 2. The second-order valence-electron chi connectivity index (χ2n) is 7.19. The Bertz CT molecular complexity index is 275. The maximum Gasteiger partial charge on any atom is 0.0697 e. The van der Waals surface area contributed by atoms with Crippen LogP contribution < -0.4 is 5.32 Å². The van der Waals surface area contributed by atoms with Gasteiger partial charge in [-0.05, 0) is 37.5 Å². The highest BCUT2D eigenvalue weighted by Gasteiger charge is 2.48. The van der Waals surface area contributed by atoms with Crippen LogP contribution in [0.15, 0.2) is 0 Å². The van der Waals surface area contributed by atoms with Crippen LogP contribution in [0.25, 0.3) is 0 Å². The van der Waals surface area contributed by atoms with Gasteiger partial charge in [0.25, 0.3) is 0 Å². The van der Waals surface area contributed by atoms with Crippen molar-refractivity contribution in [1.29, 1.82) is 0 Å². The average molecular weight is 237 g/mol. The largest absolute Gasteiger partial charge is 0.375 e. The van der Waals surface area contributed by atoms with Gasteiger partial charge in [0, 0.05) is 18.7 Å². The van der Waals surface area contributed by atoms with Crippen LogP contribution in [-0.4, -0.2) is 24.3 Å². The predicted octanol–water partition coefficient (Wildman–Crippen LogP) is 3.26. The van der Waals surface area contributed by atoms with E-state index in [9.17, 15) is 0 Å². The molecule has 0 aromatic carbocycles. The molecule has 1 N–H and O–H groups in total. The minimum Gasteiger partial charge on any atom is -0.375 e. The topological polar surface area (TPSA) is 21.3 Å². The van der Waals surface area contributed by atoms with Crippen molar-refractivity contribution in [2.75, 3.05) is 6.61 Å². The van der Waals surface area contributed by atoms with Crippen LogP contribution in [0.3, 0.4) is 0 Å². The first-order valence-electron chi connectivity index (χ1n) is 7.50. The van der Waals surface area contributed by atoms with Crippen molar-refractivity contribution in [3.05, 3.63) is 0 Å². The van der Waals surface area contributed by atoms with E-state index in [-0.39, 0.29) is 5.60 Å². The van der Waals surface area contributed by atoms with Crippen LogP contribution in [0, 0.1) is 5.41 Å². The molecule has 3 fully saturated rings. The van der Waals surface area contributed by atoms with Gasteiger partial charge in [0.15, 0.2) is 0 Å². The second-order valence-corrected chi connectivity index (χ2v) is 7.19. The molecule has 0 bridgehead atoms. The number of hydrogen-bond acceptors (Lipinski definition) is 2. The maximum atomic E-state index is 6.15. The molecule has 2 saturated carbocycles. The lowest BCUT2D eigenvalue weighted by Gasteiger charge is -2.44. The summed E-state index contributed by atoms with van der Waals surface area (Å²) in [6, 6.07) is 1.49. The fourth-order valence-electron chi connectivity index (χ4n) is 3.75. The minimum atomic E-state index is 0.257. The first-order chi connectivity index (χ1) is 8.10. The van der Waals surface area contributed by atoms with E-state index in [1.807, 2.05) is 0 Å². The molecule has 3 rings (SSSR count). The molecular weight excluding hydrogens is 210 g/mol. The summed E-state index contributed by atoms with van der Waals surface area (Å²) in [6.07, 6.45) is 10.6. The fourth-order valence-corrected chi connectivity index (χ4v) is 3.75. The van der Waals surface area contributed by atoms with E-state index in [0.29, 0.717) is 11.5 Å². The highest BCUT2D eigenvalue weighted by molar-refractivity contribution is 5.04. The van der Waals surface area contributed by atoms with Gasteiger partial charge in [0.1, 0.15) is 0 Å². The summed E-state index contributed by atoms with van der Waals surface area (Å²) in [5.74, 6) is 0. The maximum absolute atomic E-state index is 6.15. The predicted molar refractivity (Wildman–Crippen MR) is 70.1 cm³/mol. The van der Waals surface area contributed by atoms with Gasteiger partial charge in [0.05, 0.1) is 5.60 Å². The van der Waals surface area contributed by atoms with E-state index in [1.54, 1.807) is 0 Å². The second kappa shape index (κ2) is 4.24. The molecule has 98 valence electrons. The molecule has 2 unspecified atom stereocenters. The third-order valence-corrected chi connectivity index (χ3v) is 5.21. The zero-order valence-corrected chi connectivity index (χ0v) is 11.4. The Hall–Kier alpha value is -0.0800. The van der Waals surface area contributed by atoms with Gasteiger partial charge in [-0.3, -0.25) is 0 Å². The Kier molecular flexibility index (Phi) is 2.99. The highest BCUT2D eigenvalue weighted by atomic mass is 16.5. The van der Waals surface area contributed by atoms with Gasteiger partial charge in [-0.2, -0.15) is 0 Å². The van der Waals surface area contributed by atoms with E-state index in [0.717, 1.165) is 12.6 Å². The summed E-state index contributed by atoms with van der Waals surface area (Å²) in [6.45, 7) is 5.73. The zero-order chi connectivity index (χ0) is 11.9. The summed E-state index contributed by atoms with van der Waals surface area (Å²) < 4.78 is 6.15. The lowest BCUT2D eigenvalue weighted by atomic mass is 9.78. The molecule has 2 atom stereocenters. The SMILES string of the molecule is CC1(C)CC1NC1CCOC2(CCCCC2)C1. The third kappa shape index (κ3) is 2.53. The molecule has 0 amide bonds. The van der Waals surface area contributed by atoms with E-state index >= 15 is 0 Å². The molecule has 1 spiro atoms. The Balaban J connectivity index is 1.56. The van der Waals surface area contributed by atoms with Crippen molar-refractivity contribution in [2.45, 2.75) is 82.9 Å². The summed E-state index contributed by atoms with van der Waals surface area (Å²) in [7, 11) is 0. The number of hydrogen-bond donors (Lipinski definition) is 1. The Labute approximate surface area is 105 Å².